The van der Waals surface area contributed by atoms with E-state index in [1.165, 1.54) is 67.5 Å². The molecular formula is C28H26O8S2. The van der Waals surface area contributed by atoms with E-state index < -0.39 is 46.3 Å². The molecular weight excluding hydrogens is 528 g/mol. The van der Waals surface area contributed by atoms with Crippen LogP contribution < -0.4 is 0 Å². The van der Waals surface area contributed by atoms with E-state index in [-0.39, 0.29) is 54.3 Å². The number of carbonyl (C=O) groups excluding carboxylic acids is 8. The lowest BCUT2D eigenvalue weighted by atomic mass is 9.91. The summed E-state index contributed by atoms with van der Waals surface area (Å²) in [4.78, 5) is 101. The summed E-state index contributed by atoms with van der Waals surface area (Å²) in [7, 11) is 1.59. The topological polar surface area (TPSA) is 137 Å². The summed E-state index contributed by atoms with van der Waals surface area (Å²) >= 11 is 0. The zero-order valence-electron chi connectivity index (χ0n) is 22.2. The first-order chi connectivity index (χ1) is 17.5. The highest BCUT2D eigenvalue weighted by Gasteiger charge is 2.30. The molecule has 0 heterocycles. The van der Waals surface area contributed by atoms with Crippen molar-refractivity contribution in [1.29, 1.82) is 0 Å². The van der Waals surface area contributed by atoms with E-state index in [0.717, 1.165) is 21.6 Å². The van der Waals surface area contributed by atoms with Gasteiger partial charge in [-0.2, -0.15) is 0 Å². The second-order valence-electron chi connectivity index (χ2n) is 8.72. The zero-order valence-corrected chi connectivity index (χ0v) is 23.9. The van der Waals surface area contributed by atoms with E-state index in [4.69, 9.17) is 0 Å². The van der Waals surface area contributed by atoms with Gasteiger partial charge in [0.15, 0.2) is 46.3 Å². The summed E-state index contributed by atoms with van der Waals surface area (Å²) in [6, 6.07) is 2.44. The number of carbonyl (C=O) groups is 8. The molecule has 0 aliphatic heterocycles. The molecule has 0 aliphatic rings. The Kier molecular flexibility index (Phi) is 9.63. The fraction of sp³-hybridized carbons (Fsp3) is 0.286. The smallest absolute Gasteiger partial charge is 0.161 e. The summed E-state index contributed by atoms with van der Waals surface area (Å²) in [5, 5.41) is 0. The molecule has 38 heavy (non-hydrogen) atoms. The molecule has 0 aromatic heterocycles. The van der Waals surface area contributed by atoms with Gasteiger partial charge in [0.05, 0.1) is 0 Å². The maximum absolute atomic E-state index is 12.7. The van der Waals surface area contributed by atoms with Gasteiger partial charge in [0.25, 0.3) is 0 Å². The third-order valence-electron chi connectivity index (χ3n) is 5.70. The van der Waals surface area contributed by atoms with Gasteiger partial charge in [-0.15, -0.1) is 0 Å². The van der Waals surface area contributed by atoms with E-state index in [9.17, 15) is 38.4 Å². The van der Waals surface area contributed by atoms with Crippen LogP contribution in [0.1, 0.15) is 138 Å². The minimum absolute atomic E-state index is 0.00880. The number of ketones is 8. The fourth-order valence-corrected chi connectivity index (χ4v) is 7.09. The van der Waals surface area contributed by atoms with Crippen LogP contribution in [0, 0.1) is 0 Å². The van der Waals surface area contributed by atoms with Crippen molar-refractivity contribution in [2.24, 2.45) is 0 Å². The number of hydrogen-bond acceptors (Lipinski definition) is 10. The van der Waals surface area contributed by atoms with Crippen LogP contribution in [0.15, 0.2) is 21.9 Å². The van der Waals surface area contributed by atoms with Crippen LogP contribution in [-0.4, -0.2) is 46.3 Å². The summed E-state index contributed by atoms with van der Waals surface area (Å²) in [6.45, 7) is 9.71. The van der Waals surface area contributed by atoms with Gasteiger partial charge >= 0.3 is 0 Å². The molecule has 2 aromatic carbocycles. The Morgan fingerprint density at radius 3 is 0.684 bits per heavy atom. The van der Waals surface area contributed by atoms with Gasteiger partial charge in [0.1, 0.15) is 0 Å². The second-order valence-corrected chi connectivity index (χ2v) is 10.9. The molecule has 198 valence electrons. The molecule has 0 amide bonds. The van der Waals surface area contributed by atoms with Crippen LogP contribution in [0.3, 0.4) is 0 Å². The van der Waals surface area contributed by atoms with Crippen molar-refractivity contribution in [1.82, 2.24) is 0 Å². The average Bonchev–Trinajstić information content (AvgIpc) is 2.79. The summed E-state index contributed by atoms with van der Waals surface area (Å²) in [5.41, 5.74) is -0.593. The summed E-state index contributed by atoms with van der Waals surface area (Å²) in [5.74, 6) is -4.21. The van der Waals surface area contributed by atoms with E-state index >= 15 is 0 Å². The molecule has 0 atom stereocenters. The Labute approximate surface area is 227 Å². The second kappa shape index (κ2) is 11.9. The Balaban J connectivity index is 3.07. The lowest BCUT2D eigenvalue weighted by Gasteiger charge is -2.20. The first-order valence-electron chi connectivity index (χ1n) is 11.4. The molecule has 0 unspecified atom stereocenters. The van der Waals surface area contributed by atoms with Crippen molar-refractivity contribution >= 4 is 67.9 Å². The number of hydrogen-bond donors (Lipinski definition) is 0. The molecule has 0 radical (unpaired) electrons. The van der Waals surface area contributed by atoms with Gasteiger partial charge in [-0.25, -0.2) is 0 Å². The molecule has 0 saturated carbocycles. The molecule has 0 fully saturated rings. The minimum atomic E-state index is -0.545. The lowest BCUT2D eigenvalue weighted by Crippen LogP contribution is -2.16. The third kappa shape index (κ3) is 5.97. The Bertz CT molecular complexity index is 1270. The molecule has 2 rings (SSSR count). The van der Waals surface area contributed by atoms with Gasteiger partial charge in [0, 0.05) is 54.3 Å². The number of Topliss-reactive ketones (excluding diaryl/α,β-unsaturated/α-hetero) is 8. The summed E-state index contributed by atoms with van der Waals surface area (Å²) < 4.78 is 0. The van der Waals surface area contributed by atoms with Gasteiger partial charge in [-0.3, -0.25) is 38.4 Å². The Hall–Kier alpha value is -3.50. The van der Waals surface area contributed by atoms with Crippen molar-refractivity contribution < 1.29 is 38.4 Å². The van der Waals surface area contributed by atoms with Crippen LogP contribution >= 0.6 is 21.6 Å². The van der Waals surface area contributed by atoms with Crippen molar-refractivity contribution in [3.8, 4) is 0 Å². The Morgan fingerprint density at radius 1 is 0.368 bits per heavy atom. The van der Waals surface area contributed by atoms with Crippen LogP contribution in [0.5, 0.6) is 0 Å². The maximum Gasteiger partial charge on any atom is 0.161 e. The highest BCUT2D eigenvalue weighted by atomic mass is 33.1. The zero-order chi connectivity index (χ0) is 29.2. The van der Waals surface area contributed by atoms with Gasteiger partial charge in [0.2, 0.25) is 0 Å². The average molecular weight is 555 g/mol. The molecule has 0 bridgehead atoms. The molecule has 8 nitrogen and oxygen atoms in total. The first kappa shape index (κ1) is 30.7. The predicted molar refractivity (Wildman–Crippen MR) is 145 cm³/mol. The predicted octanol–water partition coefficient (Wildman–Crippen LogP) is 6.11. The van der Waals surface area contributed by atoms with Crippen molar-refractivity contribution in [2.75, 3.05) is 0 Å². The van der Waals surface area contributed by atoms with Crippen LogP contribution in [-0.2, 0) is 0 Å². The highest BCUT2D eigenvalue weighted by molar-refractivity contribution is 8.76. The van der Waals surface area contributed by atoms with E-state index in [0.29, 0.717) is 0 Å². The van der Waals surface area contributed by atoms with Crippen LogP contribution in [0.2, 0.25) is 0 Å². The van der Waals surface area contributed by atoms with E-state index in [1.54, 1.807) is 0 Å². The van der Waals surface area contributed by atoms with Gasteiger partial charge in [-0.05, 0) is 67.5 Å². The molecule has 0 aliphatic carbocycles. The van der Waals surface area contributed by atoms with Crippen molar-refractivity contribution in [3.63, 3.8) is 0 Å². The first-order valence-corrected chi connectivity index (χ1v) is 13.5. The maximum atomic E-state index is 12.7. The molecule has 0 saturated heterocycles. The number of rotatable bonds is 11. The number of benzene rings is 2. The van der Waals surface area contributed by atoms with Crippen molar-refractivity contribution in [3.05, 3.63) is 56.6 Å². The summed E-state index contributed by atoms with van der Waals surface area (Å²) in [6.07, 6.45) is 0. The molecule has 0 N–H and O–H groups in total. The van der Waals surface area contributed by atoms with Crippen LogP contribution in [0.4, 0.5) is 0 Å². The third-order valence-corrected chi connectivity index (χ3v) is 8.18. The van der Waals surface area contributed by atoms with Crippen molar-refractivity contribution in [2.45, 2.75) is 65.2 Å². The molecule has 10 heteroatoms. The SMILES string of the molecule is CC(=O)c1cc(C(C)=O)c(C(C)=O)c(SSc2c(C(C)=O)c(C(C)=O)cc(C(C)=O)c2C(C)=O)c1C(C)=O. The lowest BCUT2D eigenvalue weighted by molar-refractivity contribution is 0.0965. The monoisotopic (exact) mass is 554 g/mol. The highest BCUT2D eigenvalue weighted by Crippen LogP contribution is 2.47. The molecule has 2 aromatic rings. The standard InChI is InChI=1S/C28H26O8S2/c1-11(29)19-9-20(12(2)30)24(16(6)34)27(23(19)15(5)33)37-38-28-25(17(7)35)21(13(3)31)10-22(14(4)32)26(28)18(8)36/h9-10H,1-8H3. The largest absolute Gasteiger partial charge is 0.294 e. The van der Waals surface area contributed by atoms with E-state index in [1.807, 2.05) is 0 Å². The van der Waals surface area contributed by atoms with Crippen LogP contribution in [0.25, 0.3) is 0 Å². The Morgan fingerprint density at radius 2 is 0.553 bits per heavy atom. The van der Waals surface area contributed by atoms with E-state index in [2.05, 4.69) is 0 Å². The van der Waals surface area contributed by atoms with Gasteiger partial charge < -0.3 is 0 Å². The minimum Gasteiger partial charge on any atom is -0.294 e. The normalized spacial score (nSPS) is 10.6. The fourth-order valence-electron chi connectivity index (χ4n) is 4.08. The molecule has 0 spiro atoms. The quantitative estimate of drug-likeness (QED) is 0.236. The van der Waals surface area contributed by atoms with Gasteiger partial charge in [-0.1, -0.05) is 21.6 Å².